The molecular formula is C14H16ClNO2. The number of hydrogen-bond acceptors (Lipinski definition) is 3. The Balaban J connectivity index is 1.95. The number of likely N-dealkylation sites (tertiary alicyclic amines) is 1. The summed E-state index contributed by atoms with van der Waals surface area (Å²) in [7, 11) is 0. The van der Waals surface area contributed by atoms with Crippen LogP contribution in [0.5, 0.6) is 0 Å². The van der Waals surface area contributed by atoms with E-state index in [1.54, 1.807) is 24.3 Å². The number of carbonyl (C=O) groups is 2. The molecule has 1 unspecified atom stereocenters. The van der Waals surface area contributed by atoms with Crippen LogP contribution in [0.4, 0.5) is 0 Å². The van der Waals surface area contributed by atoms with E-state index in [1.807, 2.05) is 11.8 Å². The molecule has 18 heavy (non-hydrogen) atoms. The largest absolute Gasteiger partial charge is 0.299 e. The molecule has 0 aromatic heterocycles. The summed E-state index contributed by atoms with van der Waals surface area (Å²) in [4.78, 5) is 25.5. The normalized spacial score (nSPS) is 21.0. The van der Waals surface area contributed by atoms with Crippen LogP contribution in [0.3, 0.4) is 0 Å². The number of Topliss-reactive ketones (excluding diaryl/α,β-unsaturated/α-hetero) is 2. The first kappa shape index (κ1) is 13.2. The average molecular weight is 266 g/mol. The molecule has 1 aromatic rings. The zero-order valence-electron chi connectivity index (χ0n) is 10.4. The molecule has 0 N–H and O–H groups in total. The molecule has 0 aliphatic carbocycles. The highest BCUT2D eigenvalue weighted by Gasteiger charge is 2.24. The summed E-state index contributed by atoms with van der Waals surface area (Å²) in [6, 6.07) is 6.92. The van der Waals surface area contributed by atoms with Crippen LogP contribution in [0.25, 0.3) is 0 Å². The maximum atomic E-state index is 12.0. The Labute approximate surface area is 112 Å². The van der Waals surface area contributed by atoms with Crippen molar-refractivity contribution in [2.45, 2.75) is 13.3 Å². The van der Waals surface area contributed by atoms with E-state index in [-0.39, 0.29) is 11.7 Å². The van der Waals surface area contributed by atoms with Gasteiger partial charge in [0, 0.05) is 36.0 Å². The van der Waals surface area contributed by atoms with E-state index in [4.69, 9.17) is 11.6 Å². The van der Waals surface area contributed by atoms with Gasteiger partial charge < -0.3 is 0 Å². The molecule has 1 aromatic carbocycles. The fourth-order valence-electron chi connectivity index (χ4n) is 2.17. The van der Waals surface area contributed by atoms with Gasteiger partial charge in [-0.05, 0) is 24.3 Å². The fourth-order valence-corrected chi connectivity index (χ4v) is 2.29. The minimum atomic E-state index is 0.0387. The number of nitrogens with zero attached hydrogens (tertiary/aromatic N) is 1. The molecular weight excluding hydrogens is 250 g/mol. The Morgan fingerprint density at radius 1 is 1.39 bits per heavy atom. The van der Waals surface area contributed by atoms with E-state index in [2.05, 4.69) is 0 Å². The number of piperidine rings is 1. The van der Waals surface area contributed by atoms with Gasteiger partial charge in [0.1, 0.15) is 5.78 Å². The van der Waals surface area contributed by atoms with Crippen molar-refractivity contribution in [1.29, 1.82) is 0 Å². The summed E-state index contributed by atoms with van der Waals surface area (Å²) in [6.07, 6.45) is 0.551. The van der Waals surface area contributed by atoms with E-state index in [0.717, 1.165) is 0 Å². The SMILES string of the molecule is CC1CN(CC(=O)c2ccc(Cl)cc2)CCC1=O. The van der Waals surface area contributed by atoms with Crippen LogP contribution < -0.4 is 0 Å². The highest BCUT2D eigenvalue weighted by Crippen LogP contribution is 2.14. The van der Waals surface area contributed by atoms with Crippen LogP contribution in [-0.2, 0) is 4.79 Å². The van der Waals surface area contributed by atoms with Crippen molar-refractivity contribution < 1.29 is 9.59 Å². The highest BCUT2D eigenvalue weighted by atomic mass is 35.5. The third-order valence-electron chi connectivity index (χ3n) is 3.29. The smallest absolute Gasteiger partial charge is 0.176 e. The summed E-state index contributed by atoms with van der Waals surface area (Å²) in [5.41, 5.74) is 0.670. The van der Waals surface area contributed by atoms with Gasteiger partial charge in [-0.25, -0.2) is 0 Å². The van der Waals surface area contributed by atoms with Crippen molar-refractivity contribution in [3.63, 3.8) is 0 Å². The van der Waals surface area contributed by atoms with Gasteiger partial charge in [-0.1, -0.05) is 18.5 Å². The Morgan fingerprint density at radius 3 is 2.67 bits per heavy atom. The number of hydrogen-bond donors (Lipinski definition) is 0. The molecule has 4 heteroatoms. The molecule has 3 nitrogen and oxygen atoms in total. The Bertz CT molecular complexity index is 455. The van der Waals surface area contributed by atoms with Gasteiger partial charge in [-0.3, -0.25) is 14.5 Å². The van der Waals surface area contributed by atoms with Crippen LogP contribution >= 0.6 is 11.6 Å². The molecule has 1 fully saturated rings. The van der Waals surface area contributed by atoms with Gasteiger partial charge in [0.05, 0.1) is 6.54 Å². The molecule has 0 saturated carbocycles. The van der Waals surface area contributed by atoms with Crippen LogP contribution in [-0.4, -0.2) is 36.1 Å². The predicted molar refractivity (Wildman–Crippen MR) is 71.0 cm³/mol. The molecule has 0 spiro atoms. The van der Waals surface area contributed by atoms with E-state index < -0.39 is 0 Å². The molecule has 0 amide bonds. The van der Waals surface area contributed by atoms with Gasteiger partial charge in [-0.15, -0.1) is 0 Å². The van der Waals surface area contributed by atoms with Crippen molar-refractivity contribution in [3.8, 4) is 0 Å². The Morgan fingerprint density at radius 2 is 2.06 bits per heavy atom. The lowest BCUT2D eigenvalue weighted by Gasteiger charge is -2.29. The van der Waals surface area contributed by atoms with Crippen molar-refractivity contribution in [2.75, 3.05) is 19.6 Å². The van der Waals surface area contributed by atoms with Crippen molar-refractivity contribution in [2.24, 2.45) is 5.92 Å². The van der Waals surface area contributed by atoms with Gasteiger partial charge >= 0.3 is 0 Å². The first-order valence-corrected chi connectivity index (χ1v) is 6.48. The Hall–Kier alpha value is -1.19. The lowest BCUT2D eigenvalue weighted by Crippen LogP contribution is -2.42. The molecule has 1 atom stereocenters. The second-order valence-electron chi connectivity index (χ2n) is 4.78. The summed E-state index contributed by atoms with van der Waals surface area (Å²) in [5, 5.41) is 0.628. The first-order valence-electron chi connectivity index (χ1n) is 6.10. The summed E-state index contributed by atoms with van der Waals surface area (Å²) >= 11 is 5.78. The molecule has 0 radical (unpaired) electrons. The highest BCUT2D eigenvalue weighted by molar-refractivity contribution is 6.30. The fraction of sp³-hybridized carbons (Fsp3) is 0.429. The quantitative estimate of drug-likeness (QED) is 0.788. The second-order valence-corrected chi connectivity index (χ2v) is 5.22. The number of halogens is 1. The van der Waals surface area contributed by atoms with Gasteiger partial charge in [0.25, 0.3) is 0 Å². The topological polar surface area (TPSA) is 37.4 Å². The molecule has 1 aliphatic rings. The second kappa shape index (κ2) is 5.63. The molecule has 1 aliphatic heterocycles. The van der Waals surface area contributed by atoms with Crippen molar-refractivity contribution >= 4 is 23.2 Å². The standard InChI is InChI=1S/C14H16ClNO2/c1-10-8-16(7-6-13(10)17)9-14(18)11-2-4-12(15)5-3-11/h2-5,10H,6-9H2,1H3. The van der Waals surface area contributed by atoms with Crippen molar-refractivity contribution in [3.05, 3.63) is 34.9 Å². The van der Waals surface area contributed by atoms with E-state index in [0.29, 0.717) is 42.4 Å². The minimum absolute atomic E-state index is 0.0387. The number of rotatable bonds is 3. The number of carbonyl (C=O) groups excluding carboxylic acids is 2. The molecule has 1 saturated heterocycles. The average Bonchev–Trinajstić information content (AvgIpc) is 2.34. The molecule has 96 valence electrons. The van der Waals surface area contributed by atoms with Crippen LogP contribution in [0.15, 0.2) is 24.3 Å². The molecule has 1 heterocycles. The van der Waals surface area contributed by atoms with Crippen LogP contribution in [0.2, 0.25) is 5.02 Å². The molecule has 2 rings (SSSR count). The third kappa shape index (κ3) is 3.18. The number of benzene rings is 1. The first-order chi connectivity index (χ1) is 8.56. The van der Waals surface area contributed by atoms with E-state index in [9.17, 15) is 9.59 Å². The van der Waals surface area contributed by atoms with Crippen LogP contribution in [0, 0.1) is 5.92 Å². The summed E-state index contributed by atoms with van der Waals surface area (Å²) in [6.45, 7) is 3.65. The third-order valence-corrected chi connectivity index (χ3v) is 3.54. The van der Waals surface area contributed by atoms with Gasteiger partial charge in [-0.2, -0.15) is 0 Å². The maximum absolute atomic E-state index is 12.0. The monoisotopic (exact) mass is 265 g/mol. The number of ketones is 2. The summed E-state index contributed by atoms with van der Waals surface area (Å²) in [5.74, 6) is 0.412. The lowest BCUT2D eigenvalue weighted by molar-refractivity contribution is -0.125. The zero-order valence-corrected chi connectivity index (χ0v) is 11.1. The van der Waals surface area contributed by atoms with Gasteiger partial charge in [0.2, 0.25) is 0 Å². The maximum Gasteiger partial charge on any atom is 0.176 e. The minimum Gasteiger partial charge on any atom is -0.299 e. The Kier molecular flexibility index (Phi) is 4.15. The predicted octanol–water partition coefficient (Wildman–Crippen LogP) is 2.43. The lowest BCUT2D eigenvalue weighted by atomic mass is 9.98. The van der Waals surface area contributed by atoms with E-state index in [1.165, 1.54) is 0 Å². The van der Waals surface area contributed by atoms with E-state index >= 15 is 0 Å². The van der Waals surface area contributed by atoms with Crippen molar-refractivity contribution in [1.82, 2.24) is 4.90 Å². The zero-order chi connectivity index (χ0) is 13.1. The molecule has 0 bridgehead atoms. The van der Waals surface area contributed by atoms with Crippen LogP contribution in [0.1, 0.15) is 23.7 Å². The summed E-state index contributed by atoms with van der Waals surface area (Å²) < 4.78 is 0. The van der Waals surface area contributed by atoms with Gasteiger partial charge in [0.15, 0.2) is 5.78 Å².